The molecule has 132 valence electrons. The predicted octanol–water partition coefficient (Wildman–Crippen LogP) is 3.78. The fourth-order valence-corrected chi connectivity index (χ4v) is 2.48. The van der Waals surface area contributed by atoms with E-state index in [0.29, 0.717) is 6.54 Å². The quantitative estimate of drug-likeness (QED) is 0.736. The van der Waals surface area contributed by atoms with Crippen LogP contribution < -0.4 is 15.4 Å². The number of methoxy groups -OCH3 is 1. The molecule has 0 aliphatic rings. The van der Waals surface area contributed by atoms with Gasteiger partial charge in [0.1, 0.15) is 12.1 Å². The summed E-state index contributed by atoms with van der Waals surface area (Å²) < 4.78 is 5.16. The highest BCUT2D eigenvalue weighted by atomic mass is 16.5. The molecule has 0 saturated heterocycles. The minimum atomic E-state index is -0.278. The Kier molecular flexibility index (Phi) is 5.43. The Morgan fingerprint density at radius 2 is 1.88 bits per heavy atom. The Bertz CT molecular complexity index is 894. The number of rotatable bonds is 5. The highest BCUT2D eigenvalue weighted by Crippen LogP contribution is 2.20. The van der Waals surface area contributed by atoms with Crippen LogP contribution in [-0.2, 0) is 6.54 Å². The maximum absolute atomic E-state index is 12.0. The van der Waals surface area contributed by atoms with Gasteiger partial charge >= 0.3 is 6.03 Å². The second-order valence-electron chi connectivity index (χ2n) is 5.80. The molecule has 0 fully saturated rings. The largest absolute Gasteiger partial charge is 0.497 e. The van der Waals surface area contributed by atoms with Gasteiger partial charge in [0.05, 0.1) is 25.0 Å². The Morgan fingerprint density at radius 3 is 2.62 bits per heavy atom. The number of urea groups is 1. The summed E-state index contributed by atoms with van der Waals surface area (Å²) in [6.45, 7) is 2.29. The molecule has 26 heavy (non-hydrogen) atoms. The molecule has 2 aromatic carbocycles. The van der Waals surface area contributed by atoms with Gasteiger partial charge < -0.3 is 15.4 Å². The number of nitrogens with one attached hydrogen (secondary N) is 2. The zero-order chi connectivity index (χ0) is 18.4. The van der Waals surface area contributed by atoms with E-state index in [-0.39, 0.29) is 6.03 Å². The van der Waals surface area contributed by atoms with Gasteiger partial charge in [0.25, 0.3) is 0 Å². The number of ether oxygens (including phenoxy) is 1. The molecule has 0 saturated carbocycles. The number of hydrogen-bond donors (Lipinski definition) is 2. The normalized spacial score (nSPS) is 10.2. The van der Waals surface area contributed by atoms with Crippen LogP contribution in [-0.4, -0.2) is 23.1 Å². The van der Waals surface area contributed by atoms with Crippen LogP contribution in [0.3, 0.4) is 0 Å². The lowest BCUT2D eigenvalue weighted by atomic mass is 10.1. The van der Waals surface area contributed by atoms with Gasteiger partial charge in [-0.25, -0.2) is 14.8 Å². The average Bonchev–Trinajstić information content (AvgIpc) is 2.67. The van der Waals surface area contributed by atoms with Crippen molar-refractivity contribution in [2.24, 2.45) is 0 Å². The van der Waals surface area contributed by atoms with E-state index in [2.05, 4.69) is 20.6 Å². The second-order valence-corrected chi connectivity index (χ2v) is 5.80. The molecule has 0 aliphatic carbocycles. The first-order chi connectivity index (χ1) is 12.6. The lowest BCUT2D eigenvalue weighted by molar-refractivity contribution is 0.251. The van der Waals surface area contributed by atoms with Crippen molar-refractivity contribution in [1.82, 2.24) is 15.3 Å². The van der Waals surface area contributed by atoms with Gasteiger partial charge in [0, 0.05) is 11.3 Å². The SMILES string of the molecule is COc1ccc(-c2cc(CNC(=O)Nc3cccc(C)c3)ncn2)cc1. The summed E-state index contributed by atoms with van der Waals surface area (Å²) in [6.07, 6.45) is 1.50. The van der Waals surface area contributed by atoms with Crippen molar-refractivity contribution >= 4 is 11.7 Å². The number of carbonyl (C=O) groups is 1. The van der Waals surface area contributed by atoms with Crippen LogP contribution in [0.25, 0.3) is 11.3 Å². The molecule has 0 aliphatic heterocycles. The Balaban J connectivity index is 1.62. The molecular weight excluding hydrogens is 328 g/mol. The second kappa shape index (κ2) is 8.11. The van der Waals surface area contributed by atoms with Crippen molar-refractivity contribution < 1.29 is 9.53 Å². The molecule has 3 aromatic rings. The van der Waals surface area contributed by atoms with E-state index in [4.69, 9.17) is 4.74 Å². The molecule has 0 unspecified atom stereocenters. The topological polar surface area (TPSA) is 76.1 Å². The highest BCUT2D eigenvalue weighted by molar-refractivity contribution is 5.89. The summed E-state index contributed by atoms with van der Waals surface area (Å²) in [4.78, 5) is 20.5. The molecule has 3 rings (SSSR count). The van der Waals surface area contributed by atoms with Crippen LogP contribution in [0.15, 0.2) is 60.9 Å². The molecule has 0 bridgehead atoms. The lowest BCUT2D eigenvalue weighted by Crippen LogP contribution is -2.28. The van der Waals surface area contributed by atoms with Crippen molar-refractivity contribution in [3.05, 3.63) is 72.2 Å². The third-order valence-corrected chi connectivity index (χ3v) is 3.82. The molecule has 0 radical (unpaired) electrons. The summed E-state index contributed by atoms with van der Waals surface area (Å²) in [5.41, 5.74) is 4.31. The van der Waals surface area contributed by atoms with Gasteiger partial charge in [-0.05, 0) is 55.0 Å². The van der Waals surface area contributed by atoms with E-state index in [0.717, 1.165) is 34.0 Å². The number of nitrogens with zero attached hydrogens (tertiary/aromatic N) is 2. The maximum atomic E-state index is 12.0. The number of amides is 2. The molecule has 6 heteroatoms. The summed E-state index contributed by atoms with van der Waals surface area (Å²) in [5, 5.41) is 5.61. The predicted molar refractivity (Wildman–Crippen MR) is 101 cm³/mol. The van der Waals surface area contributed by atoms with Gasteiger partial charge in [0.2, 0.25) is 0 Å². The molecule has 6 nitrogen and oxygen atoms in total. The van der Waals surface area contributed by atoms with Crippen LogP contribution in [0.4, 0.5) is 10.5 Å². The molecule has 2 N–H and O–H groups in total. The summed E-state index contributed by atoms with van der Waals surface area (Å²) in [6, 6.07) is 16.8. The van der Waals surface area contributed by atoms with E-state index in [1.807, 2.05) is 61.5 Å². The number of aromatic nitrogens is 2. The van der Waals surface area contributed by atoms with Crippen LogP contribution in [0.1, 0.15) is 11.3 Å². The van der Waals surface area contributed by atoms with E-state index in [1.54, 1.807) is 7.11 Å². The van der Waals surface area contributed by atoms with Gasteiger partial charge in [-0.3, -0.25) is 0 Å². The number of benzene rings is 2. The summed E-state index contributed by atoms with van der Waals surface area (Å²) >= 11 is 0. The monoisotopic (exact) mass is 348 g/mol. The molecule has 0 atom stereocenters. The number of anilines is 1. The first kappa shape index (κ1) is 17.4. The van der Waals surface area contributed by atoms with Crippen molar-refractivity contribution in [2.45, 2.75) is 13.5 Å². The molecule has 0 spiro atoms. The highest BCUT2D eigenvalue weighted by Gasteiger charge is 2.05. The van der Waals surface area contributed by atoms with Gasteiger partial charge in [-0.15, -0.1) is 0 Å². The fraction of sp³-hybridized carbons (Fsp3) is 0.150. The minimum Gasteiger partial charge on any atom is -0.497 e. The van der Waals surface area contributed by atoms with Crippen LogP contribution >= 0.6 is 0 Å². The molecular formula is C20H20N4O2. The zero-order valence-corrected chi connectivity index (χ0v) is 14.7. The maximum Gasteiger partial charge on any atom is 0.319 e. The zero-order valence-electron chi connectivity index (χ0n) is 14.7. The first-order valence-electron chi connectivity index (χ1n) is 8.21. The van der Waals surface area contributed by atoms with Crippen LogP contribution in [0, 0.1) is 6.92 Å². The molecule has 1 aromatic heterocycles. The van der Waals surface area contributed by atoms with Crippen molar-refractivity contribution in [3.63, 3.8) is 0 Å². The minimum absolute atomic E-state index is 0.278. The van der Waals surface area contributed by atoms with Gasteiger partial charge in [-0.1, -0.05) is 12.1 Å². The van der Waals surface area contributed by atoms with Crippen molar-refractivity contribution in [1.29, 1.82) is 0 Å². The number of aryl methyl sites for hydroxylation is 1. The summed E-state index contributed by atoms with van der Waals surface area (Å²) in [7, 11) is 1.63. The average molecular weight is 348 g/mol. The Hall–Kier alpha value is -3.41. The molecule has 1 heterocycles. The van der Waals surface area contributed by atoms with Crippen LogP contribution in [0.2, 0.25) is 0 Å². The van der Waals surface area contributed by atoms with E-state index >= 15 is 0 Å². The third-order valence-electron chi connectivity index (χ3n) is 3.82. The van der Waals surface area contributed by atoms with Crippen molar-refractivity contribution in [2.75, 3.05) is 12.4 Å². The van der Waals surface area contributed by atoms with Crippen LogP contribution in [0.5, 0.6) is 5.75 Å². The third kappa shape index (κ3) is 4.57. The van der Waals surface area contributed by atoms with Crippen molar-refractivity contribution in [3.8, 4) is 17.0 Å². The smallest absolute Gasteiger partial charge is 0.319 e. The van der Waals surface area contributed by atoms with Gasteiger partial charge in [0.15, 0.2) is 0 Å². The Labute approximate surface area is 152 Å². The fourth-order valence-electron chi connectivity index (χ4n) is 2.48. The number of carbonyl (C=O) groups excluding carboxylic acids is 1. The number of hydrogen-bond acceptors (Lipinski definition) is 4. The standard InChI is InChI=1S/C20H20N4O2/c1-14-4-3-5-16(10-14)24-20(25)21-12-17-11-19(23-13-22-17)15-6-8-18(26-2)9-7-15/h3-11,13H,12H2,1-2H3,(H2,21,24,25). The Morgan fingerprint density at radius 1 is 1.08 bits per heavy atom. The van der Waals surface area contributed by atoms with E-state index in [9.17, 15) is 4.79 Å². The first-order valence-corrected chi connectivity index (χ1v) is 8.21. The van der Waals surface area contributed by atoms with E-state index < -0.39 is 0 Å². The van der Waals surface area contributed by atoms with Gasteiger partial charge in [-0.2, -0.15) is 0 Å². The summed E-state index contributed by atoms with van der Waals surface area (Å²) in [5.74, 6) is 0.789. The lowest BCUT2D eigenvalue weighted by Gasteiger charge is -2.09. The molecule has 2 amide bonds. The van der Waals surface area contributed by atoms with E-state index in [1.165, 1.54) is 6.33 Å².